The molecule has 0 aliphatic heterocycles. The van der Waals surface area contributed by atoms with Crippen molar-refractivity contribution in [2.45, 2.75) is 32.3 Å². The van der Waals surface area contributed by atoms with Gasteiger partial charge in [-0.2, -0.15) is 0 Å². The maximum Gasteiger partial charge on any atom is 0.228 e. The molecular weight excluding hydrogens is 314 g/mol. The highest BCUT2D eigenvalue weighted by Crippen LogP contribution is 2.26. The molecule has 1 atom stereocenters. The van der Waals surface area contributed by atoms with Gasteiger partial charge in [-0.3, -0.25) is 4.79 Å². The summed E-state index contributed by atoms with van der Waals surface area (Å²) >= 11 is 0. The Morgan fingerprint density at radius 2 is 1.83 bits per heavy atom. The fourth-order valence-corrected chi connectivity index (χ4v) is 2.30. The lowest BCUT2D eigenvalue weighted by molar-refractivity contribution is -0.149. The Balaban J connectivity index is 2.95. The summed E-state index contributed by atoms with van der Waals surface area (Å²) in [5.74, 6) is 1.11. The lowest BCUT2D eigenvalue weighted by atomic mass is 10.1. The first-order valence-corrected chi connectivity index (χ1v) is 7.67. The summed E-state index contributed by atoms with van der Waals surface area (Å²) < 4.78 is 20.7. The number of methoxy groups -OCH3 is 4. The number of amides is 1. The zero-order valence-corrected chi connectivity index (χ0v) is 14.9. The summed E-state index contributed by atoms with van der Waals surface area (Å²) in [6.07, 6.45) is -1.20. The fourth-order valence-electron chi connectivity index (χ4n) is 2.30. The van der Waals surface area contributed by atoms with E-state index in [1.807, 2.05) is 6.07 Å². The molecule has 0 aliphatic rings. The van der Waals surface area contributed by atoms with Crippen LogP contribution in [0.25, 0.3) is 0 Å². The van der Waals surface area contributed by atoms with Gasteiger partial charge >= 0.3 is 0 Å². The van der Waals surface area contributed by atoms with Crippen molar-refractivity contribution in [3.8, 4) is 11.5 Å². The second-order valence-electron chi connectivity index (χ2n) is 5.41. The van der Waals surface area contributed by atoms with Crippen LogP contribution in [0.5, 0.6) is 11.5 Å². The van der Waals surface area contributed by atoms with Crippen molar-refractivity contribution in [2.24, 2.45) is 0 Å². The molecule has 136 valence electrons. The molecule has 7 heteroatoms. The molecule has 0 radical (unpaired) electrons. The van der Waals surface area contributed by atoms with Gasteiger partial charge in [-0.25, -0.2) is 0 Å². The van der Waals surface area contributed by atoms with E-state index in [1.54, 1.807) is 38.2 Å². The van der Waals surface area contributed by atoms with Gasteiger partial charge in [0.2, 0.25) is 5.91 Å². The van der Waals surface area contributed by atoms with Crippen molar-refractivity contribution in [3.05, 3.63) is 23.8 Å². The third-order valence-corrected chi connectivity index (χ3v) is 3.56. The van der Waals surface area contributed by atoms with Crippen molar-refractivity contribution >= 4 is 5.91 Å². The Morgan fingerprint density at radius 3 is 2.33 bits per heavy atom. The van der Waals surface area contributed by atoms with E-state index >= 15 is 0 Å². The van der Waals surface area contributed by atoms with Gasteiger partial charge in [0.1, 0.15) is 11.5 Å². The monoisotopic (exact) mass is 341 g/mol. The van der Waals surface area contributed by atoms with E-state index in [4.69, 9.17) is 18.9 Å². The molecule has 0 saturated heterocycles. The first-order chi connectivity index (χ1) is 11.4. The van der Waals surface area contributed by atoms with Gasteiger partial charge in [0.05, 0.1) is 26.7 Å². The summed E-state index contributed by atoms with van der Waals surface area (Å²) in [5.41, 5.74) is 0.818. The Morgan fingerprint density at radius 1 is 1.17 bits per heavy atom. The quantitative estimate of drug-likeness (QED) is 0.649. The Labute approximate surface area is 143 Å². The van der Waals surface area contributed by atoms with E-state index in [9.17, 15) is 9.90 Å². The van der Waals surface area contributed by atoms with E-state index in [1.165, 1.54) is 14.2 Å². The van der Waals surface area contributed by atoms with Crippen LogP contribution in [0, 0.1) is 0 Å². The number of benzene rings is 1. The molecule has 0 aromatic heterocycles. The van der Waals surface area contributed by atoms with E-state index in [0.29, 0.717) is 18.0 Å². The van der Waals surface area contributed by atoms with Crippen LogP contribution in [0.1, 0.15) is 18.9 Å². The Kier molecular flexibility index (Phi) is 8.53. The topological polar surface area (TPSA) is 77.5 Å². The van der Waals surface area contributed by atoms with Crippen LogP contribution in [0.15, 0.2) is 18.2 Å². The summed E-state index contributed by atoms with van der Waals surface area (Å²) in [5, 5.41) is 9.70. The predicted molar refractivity (Wildman–Crippen MR) is 89.1 cm³/mol. The summed E-state index contributed by atoms with van der Waals surface area (Å²) in [7, 11) is 6.10. The Hall–Kier alpha value is -1.83. The standard InChI is InChI=1S/C17H27NO6/c1-12(19)10-18(16(20)9-17(23-4)24-5)11-13-6-7-14(21-2)8-15(13)22-3/h6-8,12,17,19H,9-11H2,1-5H3/t12-/m1/s1. The zero-order chi connectivity index (χ0) is 18.1. The molecule has 24 heavy (non-hydrogen) atoms. The van der Waals surface area contributed by atoms with Gasteiger partial charge in [-0.1, -0.05) is 0 Å². The molecule has 7 nitrogen and oxygen atoms in total. The molecule has 0 aliphatic carbocycles. The second kappa shape index (κ2) is 10.1. The van der Waals surface area contributed by atoms with Gasteiger partial charge in [0.15, 0.2) is 6.29 Å². The van der Waals surface area contributed by atoms with E-state index < -0.39 is 12.4 Å². The summed E-state index contributed by atoms with van der Waals surface area (Å²) in [4.78, 5) is 14.1. The van der Waals surface area contributed by atoms with Gasteiger partial charge in [0, 0.05) is 38.9 Å². The lowest BCUT2D eigenvalue weighted by Crippen LogP contribution is -2.38. The average molecular weight is 341 g/mol. The minimum Gasteiger partial charge on any atom is -0.497 e. The van der Waals surface area contributed by atoms with Gasteiger partial charge in [0.25, 0.3) is 0 Å². The highest BCUT2D eigenvalue weighted by molar-refractivity contribution is 5.76. The van der Waals surface area contributed by atoms with E-state index in [-0.39, 0.29) is 18.9 Å². The fraction of sp³-hybridized carbons (Fsp3) is 0.588. The molecule has 1 aromatic rings. The number of carbonyl (C=O) groups excluding carboxylic acids is 1. The number of carbonyl (C=O) groups is 1. The summed E-state index contributed by atoms with van der Waals surface area (Å²) in [6, 6.07) is 5.40. The van der Waals surface area contributed by atoms with Crippen LogP contribution >= 0.6 is 0 Å². The molecule has 1 N–H and O–H groups in total. The van der Waals surface area contributed by atoms with Crippen molar-refractivity contribution in [1.29, 1.82) is 0 Å². The van der Waals surface area contributed by atoms with Gasteiger partial charge in [-0.05, 0) is 19.1 Å². The van der Waals surface area contributed by atoms with Crippen LogP contribution in [0.3, 0.4) is 0 Å². The number of rotatable bonds is 10. The predicted octanol–water partition coefficient (Wildman–Crippen LogP) is 1.42. The Bertz CT molecular complexity index is 516. The third kappa shape index (κ3) is 5.99. The maximum atomic E-state index is 12.5. The normalized spacial score (nSPS) is 12.1. The third-order valence-electron chi connectivity index (χ3n) is 3.56. The van der Waals surface area contributed by atoms with Crippen LogP contribution in [-0.2, 0) is 20.8 Å². The molecule has 0 heterocycles. The van der Waals surface area contributed by atoms with Crippen LogP contribution in [0.2, 0.25) is 0 Å². The van der Waals surface area contributed by atoms with Gasteiger partial charge in [-0.15, -0.1) is 0 Å². The molecule has 1 aromatic carbocycles. The minimum absolute atomic E-state index is 0.0676. The number of hydrogen-bond donors (Lipinski definition) is 1. The van der Waals surface area contributed by atoms with Crippen LogP contribution < -0.4 is 9.47 Å². The molecule has 1 amide bonds. The number of hydrogen-bond acceptors (Lipinski definition) is 6. The zero-order valence-electron chi connectivity index (χ0n) is 14.9. The number of aliphatic hydroxyl groups excluding tert-OH is 1. The first-order valence-electron chi connectivity index (χ1n) is 7.67. The average Bonchev–Trinajstić information content (AvgIpc) is 2.58. The van der Waals surface area contributed by atoms with Crippen molar-refractivity contribution in [1.82, 2.24) is 4.90 Å². The van der Waals surface area contributed by atoms with Crippen LogP contribution in [-0.4, -0.2) is 63.3 Å². The van der Waals surface area contributed by atoms with Crippen molar-refractivity contribution < 1.29 is 28.8 Å². The molecular formula is C17H27NO6. The SMILES string of the molecule is COc1ccc(CN(C[C@@H](C)O)C(=O)CC(OC)OC)c(OC)c1. The molecule has 0 unspecified atom stereocenters. The molecule has 0 saturated carbocycles. The molecule has 0 fully saturated rings. The largest absolute Gasteiger partial charge is 0.497 e. The smallest absolute Gasteiger partial charge is 0.228 e. The van der Waals surface area contributed by atoms with Crippen LogP contribution in [0.4, 0.5) is 0 Å². The van der Waals surface area contributed by atoms with Crippen molar-refractivity contribution in [2.75, 3.05) is 35.0 Å². The van der Waals surface area contributed by atoms with E-state index in [0.717, 1.165) is 5.56 Å². The lowest BCUT2D eigenvalue weighted by Gasteiger charge is -2.26. The number of ether oxygens (including phenoxy) is 4. The van der Waals surface area contributed by atoms with E-state index in [2.05, 4.69) is 0 Å². The molecule has 0 bridgehead atoms. The minimum atomic E-state index is -0.651. The van der Waals surface area contributed by atoms with Gasteiger partial charge < -0.3 is 29.0 Å². The highest BCUT2D eigenvalue weighted by atomic mass is 16.7. The van der Waals surface area contributed by atoms with Crippen molar-refractivity contribution in [3.63, 3.8) is 0 Å². The first kappa shape index (κ1) is 20.2. The molecule has 0 spiro atoms. The number of nitrogens with zero attached hydrogens (tertiary/aromatic N) is 1. The molecule has 1 rings (SSSR count). The highest BCUT2D eigenvalue weighted by Gasteiger charge is 2.21. The second-order valence-corrected chi connectivity index (χ2v) is 5.41. The summed E-state index contributed by atoms with van der Waals surface area (Å²) in [6.45, 7) is 2.14. The maximum absolute atomic E-state index is 12.5. The number of aliphatic hydroxyl groups is 1.